The first kappa shape index (κ1) is 12.0. The van der Waals surface area contributed by atoms with Gasteiger partial charge in [0, 0.05) is 31.7 Å². The molecule has 0 amide bonds. The predicted molar refractivity (Wildman–Crippen MR) is 61.0 cm³/mol. The van der Waals surface area contributed by atoms with Crippen molar-refractivity contribution >= 4 is 0 Å². The fourth-order valence-electron chi connectivity index (χ4n) is 1.37. The van der Waals surface area contributed by atoms with Crippen LogP contribution in [0, 0.1) is 0 Å². The Bertz CT molecular complexity index is 287. The Hall–Kier alpha value is -1.06. The van der Waals surface area contributed by atoms with E-state index < -0.39 is 0 Å². The van der Waals surface area contributed by atoms with Crippen molar-refractivity contribution < 1.29 is 9.47 Å². The van der Waals surface area contributed by atoms with Crippen LogP contribution in [0.3, 0.4) is 0 Å². The van der Waals surface area contributed by atoms with E-state index in [0.717, 1.165) is 24.3 Å². The summed E-state index contributed by atoms with van der Waals surface area (Å²) in [7, 11) is 1.69. The zero-order valence-corrected chi connectivity index (χ0v) is 9.40. The monoisotopic (exact) mass is 209 g/mol. The molecule has 3 heteroatoms. The van der Waals surface area contributed by atoms with E-state index in [1.54, 1.807) is 7.11 Å². The van der Waals surface area contributed by atoms with E-state index in [-0.39, 0.29) is 6.04 Å². The molecule has 15 heavy (non-hydrogen) atoms. The van der Waals surface area contributed by atoms with Crippen LogP contribution >= 0.6 is 0 Å². The molecular formula is C12H19NO2. The van der Waals surface area contributed by atoms with Crippen LogP contribution < -0.4 is 10.5 Å². The van der Waals surface area contributed by atoms with Gasteiger partial charge in [0.05, 0.1) is 6.61 Å². The molecule has 84 valence electrons. The Morgan fingerprint density at radius 3 is 2.67 bits per heavy atom. The third kappa shape index (κ3) is 3.90. The van der Waals surface area contributed by atoms with Gasteiger partial charge in [-0.2, -0.15) is 0 Å². The molecular weight excluding hydrogens is 190 g/mol. The van der Waals surface area contributed by atoms with E-state index in [0.29, 0.717) is 6.61 Å². The Balaban J connectivity index is 2.52. The van der Waals surface area contributed by atoms with Crippen molar-refractivity contribution in [3.05, 3.63) is 29.8 Å². The maximum atomic E-state index is 5.84. The molecule has 1 rings (SSSR count). The highest BCUT2D eigenvalue weighted by Crippen LogP contribution is 2.23. The smallest absolute Gasteiger partial charge is 0.124 e. The quantitative estimate of drug-likeness (QED) is 0.730. The van der Waals surface area contributed by atoms with Gasteiger partial charge in [0.25, 0.3) is 0 Å². The first-order valence-electron chi connectivity index (χ1n) is 5.22. The summed E-state index contributed by atoms with van der Waals surface area (Å²) in [5, 5.41) is 0. The second-order valence-corrected chi connectivity index (χ2v) is 3.52. The second-order valence-electron chi connectivity index (χ2n) is 3.52. The molecule has 2 N–H and O–H groups in total. The molecule has 1 unspecified atom stereocenters. The minimum atomic E-state index is 0.00336. The van der Waals surface area contributed by atoms with Gasteiger partial charge in [-0.3, -0.25) is 0 Å². The molecule has 1 atom stereocenters. The lowest BCUT2D eigenvalue weighted by Crippen LogP contribution is -2.09. The zero-order chi connectivity index (χ0) is 11.1. The van der Waals surface area contributed by atoms with Crippen molar-refractivity contribution in [1.82, 2.24) is 0 Å². The summed E-state index contributed by atoms with van der Waals surface area (Å²) in [4.78, 5) is 0. The van der Waals surface area contributed by atoms with Crippen molar-refractivity contribution in [3.8, 4) is 5.75 Å². The molecule has 0 aliphatic heterocycles. The maximum Gasteiger partial charge on any atom is 0.124 e. The van der Waals surface area contributed by atoms with Crippen LogP contribution in [0.2, 0.25) is 0 Å². The largest absolute Gasteiger partial charge is 0.493 e. The average Bonchev–Trinajstić information content (AvgIpc) is 2.25. The third-order valence-electron chi connectivity index (χ3n) is 2.16. The topological polar surface area (TPSA) is 44.5 Å². The Morgan fingerprint density at radius 1 is 1.27 bits per heavy atom. The van der Waals surface area contributed by atoms with E-state index in [2.05, 4.69) is 0 Å². The second kappa shape index (κ2) is 6.43. The zero-order valence-electron chi connectivity index (χ0n) is 9.40. The average molecular weight is 209 g/mol. The number of benzene rings is 1. The first-order chi connectivity index (χ1) is 7.25. The lowest BCUT2D eigenvalue weighted by molar-refractivity contribution is 0.171. The minimum Gasteiger partial charge on any atom is -0.493 e. The lowest BCUT2D eigenvalue weighted by Gasteiger charge is -2.13. The van der Waals surface area contributed by atoms with Gasteiger partial charge in [-0.25, -0.2) is 0 Å². The standard InChI is InChI=1S/C12H19NO2/c1-10(13)11-6-3-4-7-12(11)15-9-5-8-14-2/h3-4,6-7,10H,5,8-9,13H2,1-2H3. The maximum absolute atomic E-state index is 5.84. The van der Waals surface area contributed by atoms with Gasteiger partial charge in [0.2, 0.25) is 0 Å². The number of hydrogen-bond donors (Lipinski definition) is 1. The number of para-hydroxylation sites is 1. The highest BCUT2D eigenvalue weighted by molar-refractivity contribution is 5.35. The van der Waals surface area contributed by atoms with Crippen molar-refractivity contribution in [2.24, 2.45) is 5.73 Å². The van der Waals surface area contributed by atoms with Crippen molar-refractivity contribution in [2.45, 2.75) is 19.4 Å². The summed E-state index contributed by atoms with van der Waals surface area (Å²) < 4.78 is 10.6. The Labute approximate surface area is 91.2 Å². The summed E-state index contributed by atoms with van der Waals surface area (Å²) in [5.74, 6) is 0.878. The summed E-state index contributed by atoms with van der Waals surface area (Å²) >= 11 is 0. The molecule has 0 heterocycles. The fraction of sp³-hybridized carbons (Fsp3) is 0.500. The molecule has 0 saturated carbocycles. The molecule has 0 radical (unpaired) electrons. The number of rotatable bonds is 6. The van der Waals surface area contributed by atoms with Crippen molar-refractivity contribution in [1.29, 1.82) is 0 Å². The molecule has 0 fully saturated rings. The minimum absolute atomic E-state index is 0.00336. The van der Waals surface area contributed by atoms with Crippen LogP contribution in [0.25, 0.3) is 0 Å². The number of methoxy groups -OCH3 is 1. The summed E-state index contributed by atoms with van der Waals surface area (Å²) in [6.45, 7) is 3.34. The van der Waals surface area contributed by atoms with Crippen LogP contribution in [-0.2, 0) is 4.74 Å². The lowest BCUT2D eigenvalue weighted by atomic mass is 10.1. The van der Waals surface area contributed by atoms with Gasteiger partial charge in [-0.15, -0.1) is 0 Å². The molecule has 0 aliphatic carbocycles. The van der Waals surface area contributed by atoms with Crippen LogP contribution in [-0.4, -0.2) is 20.3 Å². The van der Waals surface area contributed by atoms with Gasteiger partial charge in [-0.1, -0.05) is 18.2 Å². The number of nitrogens with two attached hydrogens (primary N) is 1. The molecule has 1 aromatic rings. The van der Waals surface area contributed by atoms with E-state index in [4.69, 9.17) is 15.2 Å². The molecule has 1 aromatic carbocycles. The van der Waals surface area contributed by atoms with Crippen LogP contribution in [0.1, 0.15) is 24.9 Å². The molecule has 0 spiro atoms. The number of ether oxygens (including phenoxy) is 2. The number of hydrogen-bond acceptors (Lipinski definition) is 3. The van der Waals surface area contributed by atoms with Crippen molar-refractivity contribution in [3.63, 3.8) is 0 Å². The van der Waals surface area contributed by atoms with Crippen LogP contribution in [0.5, 0.6) is 5.75 Å². The van der Waals surface area contributed by atoms with Gasteiger partial charge in [0.1, 0.15) is 5.75 Å². The predicted octanol–water partition coefficient (Wildman–Crippen LogP) is 2.12. The first-order valence-corrected chi connectivity index (χ1v) is 5.22. The van der Waals surface area contributed by atoms with E-state index >= 15 is 0 Å². The molecule has 3 nitrogen and oxygen atoms in total. The highest BCUT2D eigenvalue weighted by Gasteiger charge is 2.06. The molecule has 0 aliphatic rings. The summed E-state index contributed by atoms with van der Waals surface area (Å²) in [6, 6.07) is 7.88. The van der Waals surface area contributed by atoms with Gasteiger partial charge in [-0.05, 0) is 13.0 Å². The SMILES string of the molecule is COCCCOc1ccccc1C(C)N. The molecule has 0 aromatic heterocycles. The third-order valence-corrected chi connectivity index (χ3v) is 2.16. The summed E-state index contributed by atoms with van der Waals surface area (Å²) in [6.07, 6.45) is 0.893. The molecule has 0 saturated heterocycles. The van der Waals surface area contributed by atoms with Gasteiger partial charge >= 0.3 is 0 Å². The Kier molecular flexibility index (Phi) is 5.15. The fourth-order valence-corrected chi connectivity index (χ4v) is 1.37. The Morgan fingerprint density at radius 2 is 2.00 bits per heavy atom. The van der Waals surface area contributed by atoms with Gasteiger partial charge in [0.15, 0.2) is 0 Å². The van der Waals surface area contributed by atoms with Crippen LogP contribution in [0.4, 0.5) is 0 Å². The van der Waals surface area contributed by atoms with E-state index in [1.807, 2.05) is 31.2 Å². The van der Waals surface area contributed by atoms with Crippen LogP contribution in [0.15, 0.2) is 24.3 Å². The summed E-state index contributed by atoms with van der Waals surface area (Å²) in [5.41, 5.74) is 6.89. The highest BCUT2D eigenvalue weighted by atomic mass is 16.5. The normalized spacial score (nSPS) is 12.5. The van der Waals surface area contributed by atoms with E-state index in [9.17, 15) is 0 Å². The van der Waals surface area contributed by atoms with Crippen molar-refractivity contribution in [2.75, 3.05) is 20.3 Å². The van der Waals surface area contributed by atoms with E-state index in [1.165, 1.54) is 0 Å². The van der Waals surface area contributed by atoms with Gasteiger partial charge < -0.3 is 15.2 Å². The molecule has 0 bridgehead atoms.